The van der Waals surface area contributed by atoms with Crippen LogP contribution in [0.5, 0.6) is 0 Å². The molecule has 0 aliphatic carbocycles. The second-order valence-corrected chi connectivity index (χ2v) is 5.57. The van der Waals surface area contributed by atoms with Crippen LogP contribution in [0.4, 0.5) is 0 Å². The van der Waals surface area contributed by atoms with Gasteiger partial charge in [0.15, 0.2) is 0 Å². The van der Waals surface area contributed by atoms with Crippen molar-refractivity contribution >= 4 is 5.91 Å². The second-order valence-electron chi connectivity index (χ2n) is 5.57. The van der Waals surface area contributed by atoms with Crippen LogP contribution in [0.25, 0.3) is 0 Å². The summed E-state index contributed by atoms with van der Waals surface area (Å²) in [6, 6.07) is 10.5. The van der Waals surface area contributed by atoms with Crippen molar-refractivity contribution in [1.82, 2.24) is 4.90 Å². The van der Waals surface area contributed by atoms with E-state index in [1.165, 1.54) is 5.56 Å². The molecule has 0 spiro atoms. The molecule has 0 radical (unpaired) electrons. The van der Waals surface area contributed by atoms with E-state index in [1.54, 1.807) is 0 Å². The quantitative estimate of drug-likeness (QED) is 0.883. The molecule has 18 heavy (non-hydrogen) atoms. The number of rotatable bonds is 3. The number of amides is 1. The second kappa shape index (κ2) is 5.11. The van der Waals surface area contributed by atoms with E-state index in [4.69, 9.17) is 5.73 Å². The molecule has 3 heteroatoms. The lowest BCUT2D eigenvalue weighted by Gasteiger charge is -2.26. The number of likely N-dealkylation sites (tertiary alicyclic amines) is 1. The molecule has 1 saturated heterocycles. The number of nitrogens with two attached hydrogens (primary N) is 1. The minimum absolute atomic E-state index is 0.0666. The van der Waals surface area contributed by atoms with Crippen LogP contribution in [0.3, 0.4) is 0 Å². The fourth-order valence-electron chi connectivity index (χ4n) is 2.64. The summed E-state index contributed by atoms with van der Waals surface area (Å²) in [6.07, 6.45) is 1.03. The van der Waals surface area contributed by atoms with Crippen LogP contribution in [0.15, 0.2) is 30.3 Å². The molecule has 1 heterocycles. The van der Waals surface area contributed by atoms with Crippen LogP contribution in [-0.4, -0.2) is 30.4 Å². The van der Waals surface area contributed by atoms with Gasteiger partial charge in [-0.3, -0.25) is 4.79 Å². The van der Waals surface area contributed by atoms with Gasteiger partial charge in [0.2, 0.25) is 5.91 Å². The minimum Gasteiger partial charge on any atom is -0.342 e. The van der Waals surface area contributed by atoms with Crippen molar-refractivity contribution in [2.45, 2.75) is 25.7 Å². The third-order valence-electron chi connectivity index (χ3n) is 4.03. The average Bonchev–Trinajstić information content (AvgIpc) is 2.82. The van der Waals surface area contributed by atoms with Crippen LogP contribution in [-0.2, 0) is 10.2 Å². The van der Waals surface area contributed by atoms with E-state index >= 15 is 0 Å². The van der Waals surface area contributed by atoms with Crippen LogP contribution < -0.4 is 5.73 Å². The zero-order chi connectivity index (χ0) is 13.2. The van der Waals surface area contributed by atoms with E-state index in [0.29, 0.717) is 6.54 Å². The lowest BCUT2D eigenvalue weighted by Crippen LogP contribution is -2.38. The molecule has 0 aromatic heterocycles. The number of hydrogen-bond acceptors (Lipinski definition) is 2. The summed E-state index contributed by atoms with van der Waals surface area (Å²) in [6.45, 7) is 6.22. The summed E-state index contributed by atoms with van der Waals surface area (Å²) in [7, 11) is 0. The van der Waals surface area contributed by atoms with Crippen molar-refractivity contribution in [3.05, 3.63) is 35.9 Å². The maximum absolute atomic E-state index is 12.1. The monoisotopic (exact) mass is 246 g/mol. The molecule has 0 bridgehead atoms. The normalized spacial score (nSPS) is 25.2. The Morgan fingerprint density at radius 2 is 2.11 bits per heavy atom. The lowest BCUT2D eigenvalue weighted by molar-refractivity contribution is -0.133. The van der Waals surface area contributed by atoms with E-state index in [0.717, 1.165) is 19.5 Å². The Balaban J connectivity index is 2.10. The van der Waals surface area contributed by atoms with E-state index in [1.807, 2.05) is 17.9 Å². The van der Waals surface area contributed by atoms with E-state index in [-0.39, 0.29) is 17.2 Å². The van der Waals surface area contributed by atoms with Crippen molar-refractivity contribution in [3.8, 4) is 0 Å². The molecule has 1 aromatic carbocycles. The van der Waals surface area contributed by atoms with Gasteiger partial charge >= 0.3 is 0 Å². The first-order chi connectivity index (χ1) is 8.57. The molecule has 2 N–H and O–H groups in total. The summed E-state index contributed by atoms with van der Waals surface area (Å²) in [5, 5.41) is 0. The number of hydrogen-bond donors (Lipinski definition) is 1. The summed E-state index contributed by atoms with van der Waals surface area (Å²) in [4.78, 5) is 14.1. The fraction of sp³-hybridized carbons (Fsp3) is 0.533. The molecular formula is C15H22N2O. The van der Waals surface area contributed by atoms with Gasteiger partial charge in [-0.2, -0.15) is 0 Å². The summed E-state index contributed by atoms with van der Waals surface area (Å²) >= 11 is 0. The van der Waals surface area contributed by atoms with Gasteiger partial charge in [-0.1, -0.05) is 44.2 Å². The SMILES string of the molecule is CC(CN)C(=O)N1CCC(C)(c2ccccc2)C1. The Bertz CT molecular complexity index is 418. The maximum Gasteiger partial charge on any atom is 0.226 e. The van der Waals surface area contributed by atoms with Crippen LogP contribution in [0.1, 0.15) is 25.8 Å². The molecule has 2 unspecified atom stereocenters. The van der Waals surface area contributed by atoms with Gasteiger partial charge in [0.05, 0.1) is 0 Å². The summed E-state index contributed by atoms with van der Waals surface area (Å²) < 4.78 is 0. The first-order valence-electron chi connectivity index (χ1n) is 6.61. The maximum atomic E-state index is 12.1. The summed E-state index contributed by atoms with van der Waals surface area (Å²) in [5.74, 6) is 0.125. The fourth-order valence-corrected chi connectivity index (χ4v) is 2.64. The number of carbonyl (C=O) groups excluding carboxylic acids is 1. The van der Waals surface area contributed by atoms with Crippen LogP contribution >= 0.6 is 0 Å². The molecule has 1 fully saturated rings. The Labute approximate surface area is 109 Å². The highest BCUT2D eigenvalue weighted by Gasteiger charge is 2.37. The standard InChI is InChI=1S/C15H22N2O/c1-12(10-16)14(18)17-9-8-15(2,11-17)13-6-4-3-5-7-13/h3-7,12H,8-11,16H2,1-2H3. The zero-order valence-electron chi connectivity index (χ0n) is 11.2. The lowest BCUT2D eigenvalue weighted by atomic mass is 9.82. The zero-order valence-corrected chi connectivity index (χ0v) is 11.2. The third-order valence-corrected chi connectivity index (χ3v) is 4.03. The smallest absolute Gasteiger partial charge is 0.226 e. The number of benzene rings is 1. The molecule has 0 saturated carbocycles. The van der Waals surface area contributed by atoms with E-state index < -0.39 is 0 Å². The Morgan fingerprint density at radius 1 is 1.44 bits per heavy atom. The number of nitrogens with zero attached hydrogens (tertiary/aromatic N) is 1. The molecule has 1 amide bonds. The molecule has 1 aliphatic heterocycles. The van der Waals surface area contributed by atoms with Gasteiger partial charge in [0.25, 0.3) is 0 Å². The summed E-state index contributed by atoms with van der Waals surface area (Å²) in [5.41, 5.74) is 6.98. The van der Waals surface area contributed by atoms with Gasteiger partial charge in [-0.25, -0.2) is 0 Å². The van der Waals surface area contributed by atoms with Crippen molar-refractivity contribution in [1.29, 1.82) is 0 Å². The molecule has 2 rings (SSSR count). The average molecular weight is 246 g/mol. The molecule has 1 aromatic rings. The van der Waals surface area contributed by atoms with Gasteiger partial charge < -0.3 is 10.6 Å². The van der Waals surface area contributed by atoms with Crippen molar-refractivity contribution in [3.63, 3.8) is 0 Å². The topological polar surface area (TPSA) is 46.3 Å². The van der Waals surface area contributed by atoms with Crippen molar-refractivity contribution in [2.24, 2.45) is 11.7 Å². The van der Waals surface area contributed by atoms with Gasteiger partial charge in [0, 0.05) is 31.0 Å². The van der Waals surface area contributed by atoms with Crippen LogP contribution in [0.2, 0.25) is 0 Å². The highest BCUT2D eigenvalue weighted by Crippen LogP contribution is 2.34. The largest absolute Gasteiger partial charge is 0.342 e. The third kappa shape index (κ3) is 2.41. The Morgan fingerprint density at radius 3 is 2.72 bits per heavy atom. The Hall–Kier alpha value is -1.35. The van der Waals surface area contributed by atoms with E-state index in [2.05, 4.69) is 31.2 Å². The van der Waals surface area contributed by atoms with Gasteiger partial charge in [0.1, 0.15) is 0 Å². The first kappa shape index (κ1) is 13.1. The number of carbonyl (C=O) groups is 1. The van der Waals surface area contributed by atoms with Crippen LogP contribution in [0, 0.1) is 5.92 Å². The van der Waals surface area contributed by atoms with Gasteiger partial charge in [-0.05, 0) is 12.0 Å². The molecule has 3 nitrogen and oxygen atoms in total. The molecule has 2 atom stereocenters. The van der Waals surface area contributed by atoms with Crippen molar-refractivity contribution < 1.29 is 4.79 Å². The molecule has 98 valence electrons. The predicted molar refractivity (Wildman–Crippen MR) is 73.2 cm³/mol. The van der Waals surface area contributed by atoms with Crippen molar-refractivity contribution in [2.75, 3.05) is 19.6 Å². The first-order valence-corrected chi connectivity index (χ1v) is 6.61. The van der Waals surface area contributed by atoms with Gasteiger partial charge in [-0.15, -0.1) is 0 Å². The Kier molecular flexibility index (Phi) is 3.71. The highest BCUT2D eigenvalue weighted by molar-refractivity contribution is 5.79. The highest BCUT2D eigenvalue weighted by atomic mass is 16.2. The minimum atomic E-state index is -0.0666. The predicted octanol–water partition coefficient (Wildman–Crippen LogP) is 1.77. The molecular weight excluding hydrogens is 224 g/mol. The molecule has 1 aliphatic rings. The van der Waals surface area contributed by atoms with E-state index in [9.17, 15) is 4.79 Å².